The highest BCUT2D eigenvalue weighted by atomic mass is 16.3. The molecule has 27 heavy (non-hydrogen) atoms. The van der Waals surface area contributed by atoms with Gasteiger partial charge in [0.15, 0.2) is 0 Å². The quantitative estimate of drug-likeness (QED) is 0.779. The first-order chi connectivity index (χ1) is 13.0. The summed E-state index contributed by atoms with van der Waals surface area (Å²) in [7, 11) is 0. The molecule has 0 saturated carbocycles. The molecule has 7 nitrogen and oxygen atoms in total. The highest BCUT2D eigenvalue weighted by Gasteiger charge is 2.21. The number of carbonyl (C=O) groups excluding carboxylic acids is 3. The molecule has 2 heterocycles. The molecule has 1 fully saturated rings. The molecule has 1 atom stereocenters. The van der Waals surface area contributed by atoms with Crippen molar-refractivity contribution in [3.8, 4) is 0 Å². The van der Waals surface area contributed by atoms with Crippen molar-refractivity contribution >= 4 is 17.7 Å². The van der Waals surface area contributed by atoms with E-state index in [0.717, 1.165) is 24.1 Å². The summed E-state index contributed by atoms with van der Waals surface area (Å²) in [6.45, 7) is 3.29. The zero-order chi connectivity index (χ0) is 19.2. The standard InChI is InChI=1S/C20H23N3O4/c1-14(22-20(26)17-8-10-27-13-17)19(25)21-11-15-5-2-3-6-16(15)12-23-9-4-7-18(23)24/h2-3,5-6,8,10,13-14H,4,7,9,11-12H2,1H3,(H,21,25)(H,22,26)/t14-/m1/s1. The van der Waals surface area contributed by atoms with Gasteiger partial charge in [0.2, 0.25) is 11.8 Å². The lowest BCUT2D eigenvalue weighted by molar-refractivity contribution is -0.128. The van der Waals surface area contributed by atoms with Crippen LogP contribution in [0.4, 0.5) is 0 Å². The predicted molar refractivity (Wildman–Crippen MR) is 98.6 cm³/mol. The fourth-order valence-electron chi connectivity index (χ4n) is 3.04. The van der Waals surface area contributed by atoms with Gasteiger partial charge in [0, 0.05) is 26.1 Å². The molecule has 1 saturated heterocycles. The van der Waals surface area contributed by atoms with Gasteiger partial charge in [-0.3, -0.25) is 14.4 Å². The number of likely N-dealkylation sites (tertiary alicyclic amines) is 1. The number of benzene rings is 1. The molecule has 0 aliphatic carbocycles. The summed E-state index contributed by atoms with van der Waals surface area (Å²) in [4.78, 5) is 38.0. The third-order valence-electron chi connectivity index (χ3n) is 4.63. The van der Waals surface area contributed by atoms with Crippen LogP contribution in [0.2, 0.25) is 0 Å². The van der Waals surface area contributed by atoms with Gasteiger partial charge < -0.3 is 20.0 Å². The number of nitrogens with one attached hydrogen (secondary N) is 2. The summed E-state index contributed by atoms with van der Waals surface area (Å²) < 4.78 is 4.87. The fraction of sp³-hybridized carbons (Fsp3) is 0.350. The van der Waals surface area contributed by atoms with Gasteiger partial charge in [0.05, 0.1) is 11.8 Å². The van der Waals surface area contributed by atoms with Crippen molar-refractivity contribution in [2.24, 2.45) is 0 Å². The molecule has 142 valence electrons. The van der Waals surface area contributed by atoms with Gasteiger partial charge in [-0.2, -0.15) is 0 Å². The number of furan rings is 1. The average Bonchev–Trinajstić information content (AvgIpc) is 3.33. The van der Waals surface area contributed by atoms with E-state index >= 15 is 0 Å². The van der Waals surface area contributed by atoms with Gasteiger partial charge in [-0.05, 0) is 30.5 Å². The van der Waals surface area contributed by atoms with Crippen LogP contribution in [0.1, 0.15) is 41.3 Å². The zero-order valence-electron chi connectivity index (χ0n) is 15.2. The van der Waals surface area contributed by atoms with E-state index < -0.39 is 6.04 Å². The van der Waals surface area contributed by atoms with Crippen molar-refractivity contribution in [2.45, 2.75) is 38.9 Å². The van der Waals surface area contributed by atoms with Gasteiger partial charge in [-0.1, -0.05) is 24.3 Å². The topological polar surface area (TPSA) is 91.7 Å². The molecule has 2 aromatic rings. The molecular weight excluding hydrogens is 346 g/mol. The third kappa shape index (κ3) is 4.75. The fourth-order valence-corrected chi connectivity index (χ4v) is 3.04. The van der Waals surface area contributed by atoms with Gasteiger partial charge >= 0.3 is 0 Å². The predicted octanol–water partition coefficient (Wildman–Crippen LogP) is 1.84. The first kappa shape index (κ1) is 18.7. The molecule has 1 aromatic heterocycles. The molecule has 3 amide bonds. The second kappa shape index (κ2) is 8.53. The van der Waals surface area contributed by atoms with Gasteiger partial charge in [0.25, 0.3) is 5.91 Å². The van der Waals surface area contributed by atoms with E-state index in [1.54, 1.807) is 6.92 Å². The number of carbonyl (C=O) groups is 3. The first-order valence-corrected chi connectivity index (χ1v) is 9.00. The minimum Gasteiger partial charge on any atom is -0.472 e. The van der Waals surface area contributed by atoms with Crippen molar-refractivity contribution in [1.82, 2.24) is 15.5 Å². The lowest BCUT2D eigenvalue weighted by atomic mass is 10.1. The van der Waals surface area contributed by atoms with Crippen LogP contribution in [0, 0.1) is 0 Å². The van der Waals surface area contributed by atoms with Gasteiger partial charge in [-0.15, -0.1) is 0 Å². The molecule has 1 aliphatic rings. The zero-order valence-corrected chi connectivity index (χ0v) is 15.2. The summed E-state index contributed by atoms with van der Waals surface area (Å²) in [5, 5.41) is 5.48. The number of nitrogens with zero attached hydrogens (tertiary/aromatic N) is 1. The van der Waals surface area contributed by atoms with E-state index in [-0.39, 0.29) is 17.7 Å². The highest BCUT2D eigenvalue weighted by Crippen LogP contribution is 2.17. The van der Waals surface area contributed by atoms with Crippen molar-refractivity contribution in [1.29, 1.82) is 0 Å². The maximum absolute atomic E-state index is 12.3. The molecule has 0 bridgehead atoms. The third-order valence-corrected chi connectivity index (χ3v) is 4.63. The number of rotatable bonds is 7. The maximum Gasteiger partial charge on any atom is 0.255 e. The van der Waals surface area contributed by atoms with Crippen LogP contribution >= 0.6 is 0 Å². The van der Waals surface area contributed by atoms with Crippen molar-refractivity contribution < 1.29 is 18.8 Å². The minimum absolute atomic E-state index is 0.171. The van der Waals surface area contributed by atoms with Crippen LogP contribution in [-0.4, -0.2) is 35.2 Å². The van der Waals surface area contributed by atoms with Gasteiger partial charge in [-0.25, -0.2) is 0 Å². The monoisotopic (exact) mass is 369 g/mol. The van der Waals surface area contributed by atoms with E-state index in [1.807, 2.05) is 29.2 Å². The van der Waals surface area contributed by atoms with Crippen molar-refractivity contribution in [2.75, 3.05) is 6.54 Å². The lowest BCUT2D eigenvalue weighted by Crippen LogP contribution is -2.44. The summed E-state index contributed by atoms with van der Waals surface area (Å²) in [6.07, 6.45) is 4.23. The molecule has 0 radical (unpaired) electrons. The molecule has 1 aromatic carbocycles. The summed E-state index contributed by atoms with van der Waals surface area (Å²) in [6, 6.07) is 8.59. The van der Waals surface area contributed by atoms with E-state index in [2.05, 4.69) is 10.6 Å². The van der Waals surface area contributed by atoms with E-state index in [1.165, 1.54) is 18.6 Å². The Labute approximate surface area is 157 Å². The minimum atomic E-state index is -0.681. The van der Waals surface area contributed by atoms with Crippen LogP contribution in [0.15, 0.2) is 47.3 Å². The number of hydrogen-bond donors (Lipinski definition) is 2. The molecular formula is C20H23N3O4. The van der Waals surface area contributed by atoms with E-state index in [4.69, 9.17) is 4.42 Å². The Hall–Kier alpha value is -3.09. The Balaban J connectivity index is 1.55. The Morgan fingerprint density at radius 3 is 2.67 bits per heavy atom. The van der Waals surface area contributed by atoms with Crippen molar-refractivity contribution in [3.05, 3.63) is 59.5 Å². The molecule has 2 N–H and O–H groups in total. The van der Waals surface area contributed by atoms with Crippen molar-refractivity contribution in [3.63, 3.8) is 0 Å². The summed E-state index contributed by atoms with van der Waals surface area (Å²) in [5.41, 5.74) is 2.34. The SMILES string of the molecule is C[C@@H](NC(=O)c1ccoc1)C(=O)NCc1ccccc1CN1CCCC1=O. The normalized spacial score (nSPS) is 14.9. The largest absolute Gasteiger partial charge is 0.472 e. The van der Waals surface area contributed by atoms with Crippen LogP contribution in [0.3, 0.4) is 0 Å². The van der Waals surface area contributed by atoms with Crippen LogP contribution in [0.25, 0.3) is 0 Å². The summed E-state index contributed by atoms with van der Waals surface area (Å²) >= 11 is 0. The first-order valence-electron chi connectivity index (χ1n) is 9.00. The smallest absolute Gasteiger partial charge is 0.255 e. The average molecular weight is 369 g/mol. The molecule has 3 rings (SSSR count). The Morgan fingerprint density at radius 2 is 2.00 bits per heavy atom. The Morgan fingerprint density at radius 1 is 1.22 bits per heavy atom. The lowest BCUT2D eigenvalue weighted by Gasteiger charge is -2.19. The number of amides is 3. The Kier molecular flexibility index (Phi) is 5.90. The van der Waals surface area contributed by atoms with Crippen LogP contribution in [0.5, 0.6) is 0 Å². The molecule has 7 heteroatoms. The summed E-state index contributed by atoms with van der Waals surface area (Å²) in [5.74, 6) is -0.470. The number of hydrogen-bond acceptors (Lipinski definition) is 4. The van der Waals surface area contributed by atoms with E-state index in [0.29, 0.717) is 25.1 Å². The highest BCUT2D eigenvalue weighted by molar-refractivity contribution is 5.97. The van der Waals surface area contributed by atoms with Crippen LogP contribution < -0.4 is 10.6 Å². The molecule has 0 unspecified atom stereocenters. The maximum atomic E-state index is 12.3. The second-order valence-electron chi connectivity index (χ2n) is 6.61. The van der Waals surface area contributed by atoms with Gasteiger partial charge in [0.1, 0.15) is 12.3 Å². The van der Waals surface area contributed by atoms with E-state index in [9.17, 15) is 14.4 Å². The second-order valence-corrected chi connectivity index (χ2v) is 6.61. The molecule has 0 spiro atoms. The van der Waals surface area contributed by atoms with Crippen LogP contribution in [-0.2, 0) is 22.7 Å². The Bertz CT molecular complexity index is 816. The molecule has 1 aliphatic heterocycles.